The van der Waals surface area contributed by atoms with Gasteiger partial charge in [-0.05, 0) is 38.2 Å². The SMILES string of the molecule is Cc1sc2ncnc(SCC(=O)NC(c3nc(C4CC4)no3)C(C)C)c2c1C. The number of hydrogen-bond donors (Lipinski definition) is 1. The molecule has 0 bridgehead atoms. The number of nitrogens with zero attached hydrogens (tertiary/aromatic N) is 4. The van der Waals surface area contributed by atoms with Crippen LogP contribution in [-0.4, -0.2) is 31.8 Å². The number of hydrogen-bond acceptors (Lipinski definition) is 8. The fraction of sp³-hybridized carbons (Fsp3) is 0.526. The van der Waals surface area contributed by atoms with E-state index in [9.17, 15) is 4.79 Å². The van der Waals surface area contributed by atoms with Crippen molar-refractivity contribution >= 4 is 39.2 Å². The van der Waals surface area contributed by atoms with E-state index in [0.29, 0.717) is 11.8 Å². The third-order valence-electron chi connectivity index (χ3n) is 4.92. The van der Waals surface area contributed by atoms with Crippen LogP contribution in [0.25, 0.3) is 10.2 Å². The average Bonchev–Trinajstić information content (AvgIpc) is 3.33. The molecular formula is C19H23N5O2S2. The van der Waals surface area contributed by atoms with Gasteiger partial charge in [0.15, 0.2) is 5.82 Å². The van der Waals surface area contributed by atoms with Gasteiger partial charge < -0.3 is 9.84 Å². The lowest BCUT2D eigenvalue weighted by Gasteiger charge is -2.18. The van der Waals surface area contributed by atoms with Crippen LogP contribution in [0.15, 0.2) is 15.9 Å². The molecular weight excluding hydrogens is 394 g/mol. The Morgan fingerprint density at radius 1 is 1.36 bits per heavy atom. The number of nitrogens with one attached hydrogen (secondary N) is 1. The minimum absolute atomic E-state index is 0.0776. The van der Waals surface area contributed by atoms with Crippen LogP contribution in [0.4, 0.5) is 0 Å². The van der Waals surface area contributed by atoms with E-state index < -0.39 is 0 Å². The summed E-state index contributed by atoms with van der Waals surface area (Å²) in [5.74, 6) is 2.02. The summed E-state index contributed by atoms with van der Waals surface area (Å²) >= 11 is 3.09. The quantitative estimate of drug-likeness (QED) is 0.455. The molecule has 0 spiro atoms. The Kier molecular flexibility index (Phi) is 5.37. The van der Waals surface area contributed by atoms with Gasteiger partial charge in [-0.3, -0.25) is 4.79 Å². The molecule has 1 aliphatic rings. The first-order valence-electron chi connectivity index (χ1n) is 9.40. The van der Waals surface area contributed by atoms with Gasteiger partial charge in [-0.2, -0.15) is 4.98 Å². The molecule has 0 radical (unpaired) electrons. The number of carbonyl (C=O) groups is 1. The number of thiophene rings is 1. The molecule has 7 nitrogen and oxygen atoms in total. The normalized spacial score (nSPS) is 15.3. The molecule has 1 amide bonds. The number of fused-ring (bicyclic) bond motifs is 1. The van der Waals surface area contributed by atoms with E-state index in [1.165, 1.54) is 22.2 Å². The Bertz CT molecular complexity index is 1010. The van der Waals surface area contributed by atoms with E-state index in [1.807, 2.05) is 13.8 Å². The number of aromatic nitrogens is 4. The molecule has 3 aromatic rings. The molecule has 1 unspecified atom stereocenters. The third kappa shape index (κ3) is 3.91. The third-order valence-corrected chi connectivity index (χ3v) is 7.02. The average molecular weight is 418 g/mol. The zero-order chi connectivity index (χ0) is 19.8. The Morgan fingerprint density at radius 3 is 2.86 bits per heavy atom. The highest BCUT2D eigenvalue weighted by atomic mass is 32.2. The molecule has 9 heteroatoms. The molecule has 0 aromatic carbocycles. The molecule has 0 aliphatic heterocycles. The van der Waals surface area contributed by atoms with Crippen molar-refractivity contribution in [3.63, 3.8) is 0 Å². The molecule has 1 saturated carbocycles. The summed E-state index contributed by atoms with van der Waals surface area (Å²) in [4.78, 5) is 28.1. The van der Waals surface area contributed by atoms with Gasteiger partial charge in [0.2, 0.25) is 11.8 Å². The number of thioether (sulfide) groups is 1. The maximum absolute atomic E-state index is 12.6. The topological polar surface area (TPSA) is 93.8 Å². The largest absolute Gasteiger partial charge is 0.343 e. The summed E-state index contributed by atoms with van der Waals surface area (Å²) in [7, 11) is 0. The predicted molar refractivity (Wildman–Crippen MR) is 110 cm³/mol. The zero-order valence-corrected chi connectivity index (χ0v) is 18.0. The van der Waals surface area contributed by atoms with Gasteiger partial charge in [0.05, 0.1) is 5.75 Å². The van der Waals surface area contributed by atoms with Gasteiger partial charge in [0.25, 0.3) is 0 Å². The van der Waals surface area contributed by atoms with Crippen LogP contribution in [-0.2, 0) is 4.79 Å². The molecule has 1 N–H and O–H groups in total. The number of aryl methyl sites for hydroxylation is 2. The molecule has 3 aromatic heterocycles. The summed E-state index contributed by atoms with van der Waals surface area (Å²) in [5, 5.41) is 9.01. The molecule has 3 heterocycles. The first-order chi connectivity index (χ1) is 13.4. The second-order valence-electron chi connectivity index (χ2n) is 7.49. The van der Waals surface area contributed by atoms with Crippen molar-refractivity contribution in [1.82, 2.24) is 25.4 Å². The van der Waals surface area contributed by atoms with Gasteiger partial charge in [0.1, 0.15) is 22.2 Å². The maximum atomic E-state index is 12.6. The highest BCUT2D eigenvalue weighted by Crippen LogP contribution is 2.39. The van der Waals surface area contributed by atoms with E-state index in [-0.39, 0.29) is 23.6 Å². The van der Waals surface area contributed by atoms with E-state index >= 15 is 0 Å². The first kappa shape index (κ1) is 19.3. The molecule has 1 fully saturated rings. The Hall–Kier alpha value is -2.00. The van der Waals surface area contributed by atoms with Crippen LogP contribution in [0.2, 0.25) is 0 Å². The molecule has 148 valence electrons. The number of rotatable bonds is 7. The lowest BCUT2D eigenvalue weighted by Crippen LogP contribution is -2.33. The van der Waals surface area contributed by atoms with Crippen molar-refractivity contribution in [2.24, 2.45) is 5.92 Å². The van der Waals surface area contributed by atoms with E-state index in [0.717, 1.165) is 33.9 Å². The van der Waals surface area contributed by atoms with Crippen molar-refractivity contribution in [3.8, 4) is 0 Å². The summed E-state index contributed by atoms with van der Waals surface area (Å²) in [6.07, 6.45) is 3.79. The fourth-order valence-electron chi connectivity index (χ4n) is 3.00. The number of carbonyl (C=O) groups excluding carboxylic acids is 1. The van der Waals surface area contributed by atoms with Crippen LogP contribution in [0.5, 0.6) is 0 Å². The maximum Gasteiger partial charge on any atom is 0.249 e. The minimum atomic E-state index is -0.288. The summed E-state index contributed by atoms with van der Waals surface area (Å²) in [6, 6.07) is -0.288. The second kappa shape index (κ2) is 7.79. The van der Waals surface area contributed by atoms with Crippen LogP contribution in [0.3, 0.4) is 0 Å². The number of amides is 1. The van der Waals surface area contributed by atoms with E-state index in [4.69, 9.17) is 4.52 Å². The van der Waals surface area contributed by atoms with Crippen LogP contribution in [0.1, 0.15) is 60.8 Å². The highest BCUT2D eigenvalue weighted by Gasteiger charge is 2.31. The van der Waals surface area contributed by atoms with Crippen molar-refractivity contribution < 1.29 is 9.32 Å². The Morgan fingerprint density at radius 2 is 2.14 bits per heavy atom. The smallest absolute Gasteiger partial charge is 0.249 e. The second-order valence-corrected chi connectivity index (χ2v) is 9.65. The van der Waals surface area contributed by atoms with Crippen LogP contribution >= 0.6 is 23.1 Å². The molecule has 1 atom stereocenters. The van der Waals surface area contributed by atoms with Gasteiger partial charge in [-0.1, -0.05) is 30.8 Å². The molecule has 1 aliphatic carbocycles. The molecule has 0 saturated heterocycles. The van der Waals surface area contributed by atoms with Crippen LogP contribution < -0.4 is 5.32 Å². The fourth-order valence-corrected chi connectivity index (χ4v) is 4.93. The van der Waals surface area contributed by atoms with Gasteiger partial charge in [-0.25, -0.2) is 9.97 Å². The molecule has 4 rings (SSSR count). The zero-order valence-electron chi connectivity index (χ0n) is 16.4. The summed E-state index contributed by atoms with van der Waals surface area (Å²) < 4.78 is 5.43. The highest BCUT2D eigenvalue weighted by molar-refractivity contribution is 8.00. The summed E-state index contributed by atoms with van der Waals surface area (Å²) in [6.45, 7) is 8.22. The lowest BCUT2D eigenvalue weighted by atomic mass is 10.0. The van der Waals surface area contributed by atoms with Crippen molar-refractivity contribution in [3.05, 3.63) is 28.5 Å². The van der Waals surface area contributed by atoms with Gasteiger partial charge in [-0.15, -0.1) is 11.3 Å². The Labute approximate surface area is 171 Å². The first-order valence-corrected chi connectivity index (χ1v) is 11.2. The van der Waals surface area contributed by atoms with E-state index in [1.54, 1.807) is 17.7 Å². The lowest BCUT2D eigenvalue weighted by molar-refractivity contribution is -0.119. The van der Waals surface area contributed by atoms with Crippen molar-refractivity contribution in [2.45, 2.75) is 57.5 Å². The summed E-state index contributed by atoms with van der Waals surface area (Å²) in [5.41, 5.74) is 1.18. The van der Waals surface area contributed by atoms with Crippen molar-refractivity contribution in [1.29, 1.82) is 0 Å². The Balaban J connectivity index is 1.44. The van der Waals surface area contributed by atoms with Crippen LogP contribution in [0, 0.1) is 19.8 Å². The predicted octanol–water partition coefficient (Wildman–Crippen LogP) is 4.17. The van der Waals surface area contributed by atoms with Crippen molar-refractivity contribution in [2.75, 3.05) is 5.75 Å². The standard InChI is InChI=1S/C19H23N5O2S2/c1-9(2)15(17-23-16(24-26-17)12-5-6-12)22-13(25)7-27-18-14-10(3)11(4)28-19(14)21-8-20-18/h8-9,12,15H,5-7H2,1-4H3,(H,22,25). The van der Waals surface area contributed by atoms with E-state index in [2.05, 4.69) is 39.3 Å². The van der Waals surface area contributed by atoms with Gasteiger partial charge >= 0.3 is 0 Å². The minimum Gasteiger partial charge on any atom is -0.343 e. The molecule has 28 heavy (non-hydrogen) atoms. The monoisotopic (exact) mass is 417 g/mol. The van der Waals surface area contributed by atoms with Gasteiger partial charge in [0, 0.05) is 16.2 Å².